The zero-order valence-corrected chi connectivity index (χ0v) is 14.9. The number of nitrogens with one attached hydrogen (secondary N) is 2. The van der Waals surface area contributed by atoms with Crippen molar-refractivity contribution < 1.29 is 14.5 Å². The maximum atomic E-state index is 12.4. The lowest BCUT2D eigenvalue weighted by Gasteiger charge is -2.02. The first-order valence-corrected chi connectivity index (χ1v) is 8.33. The fourth-order valence-electron chi connectivity index (χ4n) is 2.75. The summed E-state index contributed by atoms with van der Waals surface area (Å²) < 4.78 is 5.36. The number of fused-ring (bicyclic) bond motifs is 1. The van der Waals surface area contributed by atoms with Crippen LogP contribution in [0.15, 0.2) is 47.6 Å². The van der Waals surface area contributed by atoms with Crippen LogP contribution in [0.25, 0.3) is 10.9 Å². The topological polar surface area (TPSA) is 110 Å². The Morgan fingerprint density at radius 1 is 1.30 bits per heavy atom. The number of amides is 1. The van der Waals surface area contributed by atoms with E-state index in [0.717, 1.165) is 11.3 Å². The van der Waals surface area contributed by atoms with Gasteiger partial charge in [0.15, 0.2) is 0 Å². The van der Waals surface area contributed by atoms with Crippen LogP contribution in [0.1, 0.15) is 28.5 Å². The number of nitro benzene ring substituents is 1. The molecule has 0 spiro atoms. The van der Waals surface area contributed by atoms with Gasteiger partial charge in [-0.1, -0.05) is 12.1 Å². The van der Waals surface area contributed by atoms with E-state index in [1.54, 1.807) is 19.1 Å². The van der Waals surface area contributed by atoms with Gasteiger partial charge in [-0.3, -0.25) is 14.9 Å². The van der Waals surface area contributed by atoms with E-state index in [4.69, 9.17) is 4.74 Å². The lowest BCUT2D eigenvalue weighted by molar-refractivity contribution is -0.383. The van der Waals surface area contributed by atoms with E-state index in [-0.39, 0.29) is 11.4 Å². The molecule has 0 saturated heterocycles. The number of benzene rings is 2. The molecule has 0 radical (unpaired) electrons. The highest BCUT2D eigenvalue weighted by Crippen LogP contribution is 2.29. The lowest BCUT2D eigenvalue weighted by atomic mass is 10.1. The minimum absolute atomic E-state index is 0.0764. The van der Waals surface area contributed by atoms with Crippen LogP contribution in [0, 0.1) is 17.0 Å². The molecule has 0 bridgehead atoms. The number of aromatic nitrogens is 1. The number of carbonyl (C=O) groups excluding carboxylic acids is 1. The van der Waals surface area contributed by atoms with E-state index in [2.05, 4.69) is 15.5 Å². The third-order valence-electron chi connectivity index (χ3n) is 4.07. The second kappa shape index (κ2) is 7.69. The average molecular weight is 366 g/mol. The Bertz CT molecular complexity index is 1020. The van der Waals surface area contributed by atoms with E-state index in [1.807, 2.05) is 31.2 Å². The van der Waals surface area contributed by atoms with Crippen LogP contribution in [-0.4, -0.2) is 28.6 Å². The van der Waals surface area contributed by atoms with Gasteiger partial charge in [0.2, 0.25) is 0 Å². The molecule has 0 fully saturated rings. The van der Waals surface area contributed by atoms with Crippen LogP contribution in [-0.2, 0) is 0 Å². The number of ether oxygens (including phenoxy) is 1. The molecular weight excluding hydrogens is 348 g/mol. The van der Waals surface area contributed by atoms with Gasteiger partial charge in [-0.2, -0.15) is 5.10 Å². The highest BCUT2D eigenvalue weighted by molar-refractivity contribution is 6.03. The number of nitro groups is 1. The molecule has 8 heteroatoms. The second-order valence-electron chi connectivity index (χ2n) is 5.78. The molecular formula is C19H18N4O4. The van der Waals surface area contributed by atoms with Crippen LogP contribution in [0.5, 0.6) is 5.75 Å². The molecule has 1 amide bonds. The highest BCUT2D eigenvalue weighted by atomic mass is 16.6. The molecule has 0 atom stereocenters. The van der Waals surface area contributed by atoms with Gasteiger partial charge in [0.05, 0.1) is 17.7 Å². The average Bonchev–Trinajstić information content (AvgIpc) is 3.00. The summed E-state index contributed by atoms with van der Waals surface area (Å²) in [6.07, 6.45) is 1.51. The first kappa shape index (κ1) is 18.1. The van der Waals surface area contributed by atoms with Crippen molar-refractivity contribution in [3.8, 4) is 5.75 Å². The van der Waals surface area contributed by atoms with E-state index in [9.17, 15) is 14.9 Å². The summed E-state index contributed by atoms with van der Waals surface area (Å²) in [5, 5.41) is 15.7. The Morgan fingerprint density at radius 2 is 2.04 bits per heavy atom. The third-order valence-corrected chi connectivity index (χ3v) is 4.07. The van der Waals surface area contributed by atoms with E-state index in [1.165, 1.54) is 12.3 Å². The second-order valence-corrected chi connectivity index (χ2v) is 5.78. The smallest absolute Gasteiger partial charge is 0.293 e. The number of non-ortho nitro benzene ring substituents is 1. The Labute approximate surface area is 155 Å². The number of para-hydroxylation sites is 1. The molecule has 0 aliphatic heterocycles. The SMILES string of the molecule is CCOc1ccc(/C=N\NC(=O)c2[nH]c3c([N+](=O)[O-])cccc3c2C)cc1. The van der Waals surface area contributed by atoms with Crippen molar-refractivity contribution in [2.75, 3.05) is 6.61 Å². The minimum atomic E-state index is -0.482. The summed E-state index contributed by atoms with van der Waals surface area (Å²) in [5.74, 6) is 0.286. The number of nitrogens with zero attached hydrogens (tertiary/aromatic N) is 2. The summed E-state index contributed by atoms with van der Waals surface area (Å²) in [7, 11) is 0. The summed E-state index contributed by atoms with van der Waals surface area (Å²) in [6.45, 7) is 4.23. The first-order valence-electron chi connectivity index (χ1n) is 8.33. The summed E-state index contributed by atoms with van der Waals surface area (Å²) in [5.41, 5.74) is 4.34. The molecule has 0 unspecified atom stereocenters. The number of H-pyrrole nitrogens is 1. The molecule has 2 N–H and O–H groups in total. The molecule has 0 aliphatic rings. The molecule has 27 heavy (non-hydrogen) atoms. The van der Waals surface area contributed by atoms with Crippen LogP contribution >= 0.6 is 0 Å². The van der Waals surface area contributed by atoms with Gasteiger partial charge in [0.25, 0.3) is 11.6 Å². The number of aryl methyl sites for hydroxylation is 1. The van der Waals surface area contributed by atoms with E-state index >= 15 is 0 Å². The molecule has 0 aliphatic carbocycles. The van der Waals surface area contributed by atoms with E-state index < -0.39 is 10.8 Å². The van der Waals surface area contributed by atoms with Crippen molar-refractivity contribution in [3.63, 3.8) is 0 Å². The number of hydrogen-bond donors (Lipinski definition) is 2. The normalized spacial score (nSPS) is 11.0. The monoisotopic (exact) mass is 366 g/mol. The Kier molecular flexibility index (Phi) is 5.16. The molecule has 1 heterocycles. The zero-order chi connectivity index (χ0) is 19.4. The van der Waals surface area contributed by atoms with Crippen molar-refractivity contribution in [1.29, 1.82) is 0 Å². The largest absolute Gasteiger partial charge is 0.494 e. The molecule has 8 nitrogen and oxygen atoms in total. The van der Waals surface area contributed by atoms with Crippen molar-refractivity contribution in [2.24, 2.45) is 5.10 Å². The Balaban J connectivity index is 1.77. The van der Waals surface area contributed by atoms with Crippen LogP contribution < -0.4 is 10.2 Å². The molecule has 0 saturated carbocycles. The summed E-state index contributed by atoms with van der Waals surface area (Å²) in [6, 6.07) is 12.0. The molecule has 1 aromatic heterocycles. The van der Waals surface area contributed by atoms with Gasteiger partial charge in [0.1, 0.15) is 17.0 Å². The third kappa shape index (κ3) is 3.79. The molecule has 3 aromatic rings. The van der Waals surface area contributed by atoms with Crippen LogP contribution in [0.4, 0.5) is 5.69 Å². The molecule has 138 valence electrons. The number of rotatable bonds is 6. The fraction of sp³-hybridized carbons (Fsp3) is 0.158. The maximum absolute atomic E-state index is 12.4. The van der Waals surface area contributed by atoms with Crippen molar-refractivity contribution in [3.05, 3.63) is 69.4 Å². The molecule has 2 aromatic carbocycles. The minimum Gasteiger partial charge on any atom is -0.494 e. The van der Waals surface area contributed by atoms with Crippen molar-refractivity contribution >= 4 is 28.7 Å². The van der Waals surface area contributed by atoms with Gasteiger partial charge in [-0.15, -0.1) is 0 Å². The van der Waals surface area contributed by atoms with E-state index in [0.29, 0.717) is 23.1 Å². The number of carbonyl (C=O) groups is 1. The van der Waals surface area contributed by atoms with Gasteiger partial charge >= 0.3 is 0 Å². The maximum Gasteiger partial charge on any atom is 0.293 e. The van der Waals surface area contributed by atoms with Gasteiger partial charge < -0.3 is 9.72 Å². The van der Waals surface area contributed by atoms with Crippen LogP contribution in [0.2, 0.25) is 0 Å². The zero-order valence-electron chi connectivity index (χ0n) is 14.9. The van der Waals surface area contributed by atoms with Crippen molar-refractivity contribution in [2.45, 2.75) is 13.8 Å². The predicted molar refractivity (Wildman–Crippen MR) is 102 cm³/mol. The number of aromatic amines is 1. The predicted octanol–water partition coefficient (Wildman–Crippen LogP) is 3.55. The fourth-order valence-corrected chi connectivity index (χ4v) is 2.75. The first-order chi connectivity index (χ1) is 13.0. The Hall–Kier alpha value is -3.68. The quantitative estimate of drug-likeness (QED) is 0.395. The molecule has 3 rings (SSSR count). The van der Waals surface area contributed by atoms with Gasteiger partial charge in [0, 0.05) is 11.5 Å². The lowest BCUT2D eigenvalue weighted by Crippen LogP contribution is -2.19. The summed E-state index contributed by atoms with van der Waals surface area (Å²) >= 11 is 0. The van der Waals surface area contributed by atoms with Crippen LogP contribution in [0.3, 0.4) is 0 Å². The standard InChI is InChI=1S/C19H18N4O4/c1-3-27-14-9-7-13(8-10-14)11-20-22-19(24)17-12(2)15-5-4-6-16(23(25)26)18(15)21-17/h4-11,21H,3H2,1-2H3,(H,22,24)/b20-11-. The Morgan fingerprint density at radius 3 is 2.70 bits per heavy atom. The van der Waals surface area contributed by atoms with Crippen molar-refractivity contribution in [1.82, 2.24) is 10.4 Å². The van der Waals surface area contributed by atoms with Gasteiger partial charge in [-0.25, -0.2) is 5.43 Å². The number of hydrogen-bond acceptors (Lipinski definition) is 5. The van der Waals surface area contributed by atoms with Gasteiger partial charge in [-0.05, 0) is 49.2 Å². The number of hydrazone groups is 1. The highest BCUT2D eigenvalue weighted by Gasteiger charge is 2.20. The summed E-state index contributed by atoms with van der Waals surface area (Å²) in [4.78, 5) is 25.9.